The molecule has 62 valence electrons. The van der Waals surface area contributed by atoms with Gasteiger partial charge in [-0.1, -0.05) is 6.07 Å². The normalized spacial score (nSPS) is 10.4. The van der Waals surface area contributed by atoms with Crippen LogP contribution in [0.1, 0.15) is 13.8 Å². The number of pyridine rings is 1. The van der Waals surface area contributed by atoms with Gasteiger partial charge < -0.3 is 4.74 Å². The maximum absolute atomic E-state index is 8.65. The number of hydrogen-bond donors (Lipinski definition) is 0. The molecule has 0 amide bonds. The number of ether oxygens (including phenoxy) is 1. The van der Waals surface area contributed by atoms with Gasteiger partial charge in [0, 0.05) is 12.3 Å². The van der Waals surface area contributed by atoms with Crippen molar-refractivity contribution in [3.8, 4) is 11.9 Å². The first-order valence-corrected chi connectivity index (χ1v) is 3.65. The lowest BCUT2D eigenvalue weighted by Gasteiger charge is -2.16. The largest absolute Gasteiger partial charge is 0.456 e. The number of aromatic nitrogens is 1. The van der Waals surface area contributed by atoms with Crippen molar-refractivity contribution in [3.63, 3.8) is 0 Å². The maximum Gasteiger partial charge on any atom is 0.214 e. The first-order valence-electron chi connectivity index (χ1n) is 3.65. The predicted molar refractivity (Wildman–Crippen MR) is 44.6 cm³/mol. The van der Waals surface area contributed by atoms with E-state index in [1.165, 1.54) is 0 Å². The van der Waals surface area contributed by atoms with Gasteiger partial charge in [-0.2, -0.15) is 5.26 Å². The van der Waals surface area contributed by atoms with E-state index in [2.05, 4.69) is 4.98 Å². The van der Waals surface area contributed by atoms with Crippen molar-refractivity contribution in [1.29, 1.82) is 5.26 Å². The average Bonchev–Trinajstić information content (AvgIpc) is 2.06. The van der Waals surface area contributed by atoms with Crippen LogP contribution in [0.5, 0.6) is 5.88 Å². The van der Waals surface area contributed by atoms with Crippen molar-refractivity contribution in [2.75, 3.05) is 0 Å². The molecule has 1 aromatic heterocycles. The third-order valence-electron chi connectivity index (χ3n) is 1.27. The van der Waals surface area contributed by atoms with Crippen LogP contribution >= 0.6 is 0 Å². The Morgan fingerprint density at radius 2 is 2.25 bits per heavy atom. The van der Waals surface area contributed by atoms with Crippen molar-refractivity contribution in [1.82, 2.24) is 4.98 Å². The van der Waals surface area contributed by atoms with Crippen molar-refractivity contribution in [2.24, 2.45) is 0 Å². The maximum atomic E-state index is 8.65. The third kappa shape index (κ3) is 2.24. The van der Waals surface area contributed by atoms with Crippen molar-refractivity contribution in [2.45, 2.75) is 19.4 Å². The molecule has 0 saturated carbocycles. The summed E-state index contributed by atoms with van der Waals surface area (Å²) >= 11 is 0. The van der Waals surface area contributed by atoms with Gasteiger partial charge in [-0.25, -0.2) is 4.98 Å². The summed E-state index contributed by atoms with van der Waals surface area (Å²) in [6, 6.07) is 7.36. The summed E-state index contributed by atoms with van der Waals surface area (Å²) in [5, 5.41) is 8.65. The molecular formula is C9H10N2O. The zero-order valence-corrected chi connectivity index (χ0v) is 7.11. The zero-order chi connectivity index (χ0) is 9.03. The zero-order valence-electron chi connectivity index (χ0n) is 7.11. The number of nitriles is 1. The third-order valence-corrected chi connectivity index (χ3v) is 1.27. The number of rotatable bonds is 2. The summed E-state index contributed by atoms with van der Waals surface area (Å²) in [5.74, 6) is 0.476. The summed E-state index contributed by atoms with van der Waals surface area (Å²) in [4.78, 5) is 3.94. The molecule has 3 heteroatoms. The number of hydrogen-bond acceptors (Lipinski definition) is 3. The molecule has 1 aromatic rings. The van der Waals surface area contributed by atoms with Gasteiger partial charge in [-0.3, -0.25) is 0 Å². The lowest BCUT2D eigenvalue weighted by Crippen LogP contribution is -2.25. The van der Waals surface area contributed by atoms with Gasteiger partial charge in [0.2, 0.25) is 5.88 Å². The molecule has 0 saturated heterocycles. The summed E-state index contributed by atoms with van der Waals surface area (Å²) in [6.07, 6.45) is 1.63. The molecular weight excluding hydrogens is 152 g/mol. The summed E-state index contributed by atoms with van der Waals surface area (Å²) < 4.78 is 5.28. The minimum Gasteiger partial charge on any atom is -0.456 e. The van der Waals surface area contributed by atoms with Crippen LogP contribution < -0.4 is 4.74 Å². The minimum atomic E-state index is -0.811. The monoisotopic (exact) mass is 162 g/mol. The molecule has 0 aliphatic heterocycles. The Morgan fingerprint density at radius 3 is 2.75 bits per heavy atom. The summed E-state index contributed by atoms with van der Waals surface area (Å²) in [6.45, 7) is 3.39. The average molecular weight is 162 g/mol. The Labute approximate surface area is 71.6 Å². The molecule has 0 fully saturated rings. The lowest BCUT2D eigenvalue weighted by molar-refractivity contribution is 0.162. The van der Waals surface area contributed by atoms with Gasteiger partial charge in [0.1, 0.15) is 6.07 Å². The van der Waals surface area contributed by atoms with E-state index in [9.17, 15) is 0 Å². The van der Waals surface area contributed by atoms with Gasteiger partial charge in [-0.15, -0.1) is 0 Å². The Hall–Kier alpha value is -1.56. The van der Waals surface area contributed by atoms with Crippen molar-refractivity contribution >= 4 is 0 Å². The lowest BCUT2D eigenvalue weighted by atomic mass is 10.2. The van der Waals surface area contributed by atoms with E-state index < -0.39 is 5.60 Å². The van der Waals surface area contributed by atoms with Gasteiger partial charge >= 0.3 is 0 Å². The van der Waals surface area contributed by atoms with Crippen LogP contribution in [-0.4, -0.2) is 10.6 Å². The fourth-order valence-corrected chi connectivity index (χ4v) is 0.692. The van der Waals surface area contributed by atoms with Crippen LogP contribution in [0.2, 0.25) is 0 Å². The fraction of sp³-hybridized carbons (Fsp3) is 0.333. The summed E-state index contributed by atoms with van der Waals surface area (Å²) in [7, 11) is 0. The van der Waals surface area contributed by atoms with Crippen LogP contribution in [-0.2, 0) is 0 Å². The minimum absolute atomic E-state index is 0.476. The van der Waals surface area contributed by atoms with E-state index in [0.29, 0.717) is 5.88 Å². The topological polar surface area (TPSA) is 45.9 Å². The van der Waals surface area contributed by atoms with E-state index in [4.69, 9.17) is 10.00 Å². The Kier molecular flexibility index (Phi) is 2.29. The SMILES string of the molecule is CC(C)(C#N)Oc1ccccn1. The van der Waals surface area contributed by atoms with Crippen molar-refractivity contribution < 1.29 is 4.74 Å². The van der Waals surface area contributed by atoms with Gasteiger partial charge in [0.15, 0.2) is 5.60 Å². The standard InChI is InChI=1S/C9H10N2O/c1-9(2,7-10)12-8-5-3-4-6-11-8/h3-6H,1-2H3. The molecule has 0 aliphatic rings. The second-order valence-electron chi connectivity index (χ2n) is 2.89. The van der Waals surface area contributed by atoms with Crippen LogP contribution in [0, 0.1) is 11.3 Å². The predicted octanol–water partition coefficient (Wildman–Crippen LogP) is 1.76. The summed E-state index contributed by atoms with van der Waals surface area (Å²) in [5.41, 5.74) is -0.811. The van der Waals surface area contributed by atoms with E-state index >= 15 is 0 Å². The molecule has 12 heavy (non-hydrogen) atoms. The van der Waals surface area contributed by atoms with E-state index in [1.54, 1.807) is 32.2 Å². The highest BCUT2D eigenvalue weighted by atomic mass is 16.5. The van der Waals surface area contributed by atoms with E-state index in [0.717, 1.165) is 0 Å². The Morgan fingerprint density at radius 1 is 1.50 bits per heavy atom. The molecule has 0 spiro atoms. The molecule has 1 rings (SSSR count). The molecule has 3 nitrogen and oxygen atoms in total. The van der Waals surface area contributed by atoms with Gasteiger partial charge in [0.25, 0.3) is 0 Å². The van der Waals surface area contributed by atoms with Crippen LogP contribution in [0.15, 0.2) is 24.4 Å². The second-order valence-corrected chi connectivity index (χ2v) is 2.89. The van der Waals surface area contributed by atoms with Crippen LogP contribution in [0.3, 0.4) is 0 Å². The van der Waals surface area contributed by atoms with Crippen molar-refractivity contribution in [3.05, 3.63) is 24.4 Å². The van der Waals surface area contributed by atoms with Gasteiger partial charge in [-0.05, 0) is 19.9 Å². The molecule has 1 heterocycles. The quantitative estimate of drug-likeness (QED) is 0.665. The van der Waals surface area contributed by atoms with Crippen LogP contribution in [0.4, 0.5) is 0 Å². The van der Waals surface area contributed by atoms with E-state index in [1.807, 2.05) is 12.1 Å². The molecule has 0 aromatic carbocycles. The molecule has 0 aliphatic carbocycles. The molecule has 0 radical (unpaired) electrons. The molecule has 0 bridgehead atoms. The highest BCUT2D eigenvalue weighted by molar-refractivity contribution is 5.12. The van der Waals surface area contributed by atoms with Crippen LogP contribution in [0.25, 0.3) is 0 Å². The molecule has 0 atom stereocenters. The van der Waals surface area contributed by atoms with Gasteiger partial charge in [0.05, 0.1) is 0 Å². The van der Waals surface area contributed by atoms with E-state index in [-0.39, 0.29) is 0 Å². The second kappa shape index (κ2) is 3.22. The smallest absolute Gasteiger partial charge is 0.214 e. The Bertz CT molecular complexity index is 287. The Balaban J connectivity index is 2.72. The highest BCUT2D eigenvalue weighted by Gasteiger charge is 2.18. The first-order chi connectivity index (χ1) is 5.64. The highest BCUT2D eigenvalue weighted by Crippen LogP contribution is 2.13. The fourth-order valence-electron chi connectivity index (χ4n) is 0.692. The molecule has 0 unspecified atom stereocenters. The molecule has 0 N–H and O–H groups in total. The number of nitrogens with zero attached hydrogens (tertiary/aromatic N) is 2. The first kappa shape index (κ1) is 8.54.